The fourth-order valence-electron chi connectivity index (χ4n) is 2.40. The summed E-state index contributed by atoms with van der Waals surface area (Å²) in [5.41, 5.74) is 0. The van der Waals surface area contributed by atoms with Crippen LogP contribution in [0.4, 0.5) is 0 Å². The van der Waals surface area contributed by atoms with E-state index in [1.165, 1.54) is 32.1 Å². The second-order valence-electron chi connectivity index (χ2n) is 4.97. The average molecular weight is 192 g/mol. The summed E-state index contributed by atoms with van der Waals surface area (Å²) in [4.78, 5) is 0. The molecule has 0 bridgehead atoms. The Kier molecular flexibility index (Phi) is 5.00. The Morgan fingerprint density at radius 2 is 2.14 bits per heavy atom. The number of hydrogen-bond acceptors (Lipinski definition) is 0. The fraction of sp³-hybridized carbons (Fsp3) is 0.714. The molecule has 1 saturated carbocycles. The van der Waals surface area contributed by atoms with Gasteiger partial charge < -0.3 is 0 Å². The molecule has 1 aliphatic carbocycles. The van der Waals surface area contributed by atoms with Crippen LogP contribution in [-0.4, -0.2) is 0 Å². The molecule has 1 rings (SSSR count). The van der Waals surface area contributed by atoms with Crippen LogP contribution >= 0.6 is 0 Å². The predicted molar refractivity (Wildman–Crippen MR) is 64.2 cm³/mol. The van der Waals surface area contributed by atoms with Crippen LogP contribution in [0.2, 0.25) is 0 Å². The van der Waals surface area contributed by atoms with Crippen molar-refractivity contribution in [2.45, 2.75) is 46.0 Å². The van der Waals surface area contributed by atoms with Crippen LogP contribution < -0.4 is 0 Å². The van der Waals surface area contributed by atoms with Crippen LogP contribution in [0, 0.1) is 17.8 Å². The van der Waals surface area contributed by atoms with Crippen molar-refractivity contribution >= 4 is 0 Å². The van der Waals surface area contributed by atoms with E-state index in [2.05, 4.69) is 32.6 Å². The molecule has 0 nitrogen and oxygen atoms in total. The number of hydrogen-bond donors (Lipinski definition) is 0. The smallest absolute Gasteiger partial charge is 0.0259 e. The summed E-state index contributed by atoms with van der Waals surface area (Å²) in [5, 5.41) is 0. The van der Waals surface area contributed by atoms with E-state index >= 15 is 0 Å². The Hall–Kier alpha value is -0.520. The molecule has 80 valence electrons. The molecule has 0 saturated heterocycles. The van der Waals surface area contributed by atoms with Crippen molar-refractivity contribution in [2.75, 3.05) is 0 Å². The molecule has 0 spiro atoms. The van der Waals surface area contributed by atoms with Crippen LogP contribution in [0.25, 0.3) is 0 Å². The highest BCUT2D eigenvalue weighted by Gasteiger charge is 2.24. The number of rotatable bonds is 6. The van der Waals surface area contributed by atoms with E-state index in [1.54, 1.807) is 0 Å². The molecule has 1 fully saturated rings. The van der Waals surface area contributed by atoms with Crippen LogP contribution in [0.1, 0.15) is 46.0 Å². The first kappa shape index (κ1) is 11.6. The van der Waals surface area contributed by atoms with Gasteiger partial charge in [0.15, 0.2) is 0 Å². The van der Waals surface area contributed by atoms with Gasteiger partial charge in [0.25, 0.3) is 0 Å². The molecule has 0 N–H and O–H groups in total. The third-order valence-corrected chi connectivity index (χ3v) is 3.32. The van der Waals surface area contributed by atoms with Crippen molar-refractivity contribution in [1.29, 1.82) is 0 Å². The standard InChI is InChI=1S/C14H24/c1-4-5-7-12(2)8-6-9-14-10-13(3)11-14/h4-5,7,12-14H,1,6,8-11H2,2-3H3. The van der Waals surface area contributed by atoms with E-state index in [-0.39, 0.29) is 0 Å². The Morgan fingerprint density at radius 3 is 2.71 bits per heavy atom. The summed E-state index contributed by atoms with van der Waals surface area (Å²) in [6.45, 7) is 8.35. The van der Waals surface area contributed by atoms with Gasteiger partial charge in [-0.1, -0.05) is 51.5 Å². The summed E-state index contributed by atoms with van der Waals surface area (Å²) in [5.74, 6) is 2.80. The summed E-state index contributed by atoms with van der Waals surface area (Å²) < 4.78 is 0. The molecule has 0 heteroatoms. The summed E-state index contributed by atoms with van der Waals surface area (Å²) in [6.07, 6.45) is 13.4. The molecule has 1 aliphatic rings. The maximum absolute atomic E-state index is 3.69. The van der Waals surface area contributed by atoms with Gasteiger partial charge in [0.05, 0.1) is 0 Å². The van der Waals surface area contributed by atoms with Crippen LogP contribution in [0.5, 0.6) is 0 Å². The Balaban J connectivity index is 1.98. The highest BCUT2D eigenvalue weighted by atomic mass is 14.3. The summed E-state index contributed by atoms with van der Waals surface area (Å²) in [6, 6.07) is 0. The second kappa shape index (κ2) is 6.06. The monoisotopic (exact) mass is 192 g/mol. The first-order valence-electron chi connectivity index (χ1n) is 6.01. The van der Waals surface area contributed by atoms with Gasteiger partial charge in [0, 0.05) is 0 Å². The first-order valence-corrected chi connectivity index (χ1v) is 6.01. The molecule has 0 amide bonds. The van der Waals surface area contributed by atoms with E-state index in [0.717, 1.165) is 17.8 Å². The lowest BCUT2D eigenvalue weighted by Crippen LogP contribution is -2.20. The minimum absolute atomic E-state index is 0.727. The Labute approximate surface area is 89.1 Å². The molecule has 1 atom stereocenters. The van der Waals surface area contributed by atoms with Crippen LogP contribution in [0.3, 0.4) is 0 Å². The Bertz CT molecular complexity index is 184. The van der Waals surface area contributed by atoms with Crippen molar-refractivity contribution in [3.8, 4) is 0 Å². The van der Waals surface area contributed by atoms with Crippen LogP contribution in [-0.2, 0) is 0 Å². The third kappa shape index (κ3) is 4.13. The fourth-order valence-corrected chi connectivity index (χ4v) is 2.40. The molecule has 0 aromatic rings. The summed E-state index contributed by atoms with van der Waals surface area (Å²) in [7, 11) is 0. The molecule has 0 heterocycles. The first-order chi connectivity index (χ1) is 6.72. The molecule has 0 aliphatic heterocycles. The van der Waals surface area contributed by atoms with Crippen LogP contribution in [0.15, 0.2) is 24.8 Å². The Morgan fingerprint density at radius 1 is 1.43 bits per heavy atom. The zero-order valence-electron chi connectivity index (χ0n) is 9.71. The highest BCUT2D eigenvalue weighted by molar-refractivity contribution is 4.99. The highest BCUT2D eigenvalue weighted by Crippen LogP contribution is 2.36. The zero-order valence-corrected chi connectivity index (χ0v) is 9.71. The lowest BCUT2D eigenvalue weighted by atomic mass is 9.73. The van der Waals surface area contributed by atoms with E-state index in [9.17, 15) is 0 Å². The van der Waals surface area contributed by atoms with E-state index < -0.39 is 0 Å². The van der Waals surface area contributed by atoms with Crippen molar-refractivity contribution in [1.82, 2.24) is 0 Å². The molecule has 0 aromatic heterocycles. The van der Waals surface area contributed by atoms with E-state index in [4.69, 9.17) is 0 Å². The molecule has 14 heavy (non-hydrogen) atoms. The molecule has 0 radical (unpaired) electrons. The van der Waals surface area contributed by atoms with Gasteiger partial charge in [-0.3, -0.25) is 0 Å². The van der Waals surface area contributed by atoms with Gasteiger partial charge in [-0.15, -0.1) is 0 Å². The lowest BCUT2D eigenvalue weighted by Gasteiger charge is -2.32. The van der Waals surface area contributed by atoms with E-state index in [0.29, 0.717) is 0 Å². The van der Waals surface area contributed by atoms with Gasteiger partial charge in [0.2, 0.25) is 0 Å². The third-order valence-electron chi connectivity index (χ3n) is 3.32. The minimum atomic E-state index is 0.727. The molecule has 1 unspecified atom stereocenters. The lowest BCUT2D eigenvalue weighted by molar-refractivity contribution is 0.194. The van der Waals surface area contributed by atoms with Crippen molar-refractivity contribution in [3.05, 3.63) is 24.8 Å². The molecule has 0 aromatic carbocycles. The maximum Gasteiger partial charge on any atom is -0.0259 e. The minimum Gasteiger partial charge on any atom is -0.0991 e. The normalized spacial score (nSPS) is 28.7. The van der Waals surface area contributed by atoms with Crippen molar-refractivity contribution < 1.29 is 0 Å². The topological polar surface area (TPSA) is 0 Å². The van der Waals surface area contributed by atoms with Crippen molar-refractivity contribution in [2.24, 2.45) is 17.8 Å². The SMILES string of the molecule is C=CC=CC(C)CCCC1CC(C)C1. The van der Waals surface area contributed by atoms with Gasteiger partial charge in [-0.2, -0.15) is 0 Å². The van der Waals surface area contributed by atoms with Gasteiger partial charge in [-0.05, 0) is 37.0 Å². The second-order valence-corrected chi connectivity index (χ2v) is 4.97. The largest absolute Gasteiger partial charge is 0.0991 e. The van der Waals surface area contributed by atoms with Gasteiger partial charge in [0.1, 0.15) is 0 Å². The maximum atomic E-state index is 3.69. The molecular weight excluding hydrogens is 168 g/mol. The zero-order chi connectivity index (χ0) is 10.4. The van der Waals surface area contributed by atoms with Crippen molar-refractivity contribution in [3.63, 3.8) is 0 Å². The van der Waals surface area contributed by atoms with Gasteiger partial charge >= 0.3 is 0 Å². The predicted octanol–water partition coefficient (Wildman–Crippen LogP) is 4.58. The summed E-state index contributed by atoms with van der Waals surface area (Å²) >= 11 is 0. The number of allylic oxidation sites excluding steroid dienone is 3. The van der Waals surface area contributed by atoms with Gasteiger partial charge in [-0.25, -0.2) is 0 Å². The quantitative estimate of drug-likeness (QED) is 0.540. The average Bonchev–Trinajstić information content (AvgIpc) is 2.12. The van der Waals surface area contributed by atoms with E-state index in [1.807, 2.05) is 6.08 Å². The molecular formula is C14H24.